The minimum absolute atomic E-state index is 0. The molecule has 1 saturated carbocycles. The third kappa shape index (κ3) is 4.20. The molecule has 4 nitrogen and oxygen atoms in total. The Hall–Kier alpha value is -1.10. The highest BCUT2D eigenvalue weighted by molar-refractivity contribution is 5.89. The molecule has 1 fully saturated rings. The van der Waals surface area contributed by atoms with E-state index in [1.54, 1.807) is 0 Å². The summed E-state index contributed by atoms with van der Waals surface area (Å²) in [5.41, 5.74) is 7.63. The fourth-order valence-electron chi connectivity index (χ4n) is 2.48. The zero-order valence-corrected chi connectivity index (χ0v) is 12.9. The molecule has 0 bridgehead atoms. The van der Waals surface area contributed by atoms with Crippen molar-refractivity contribution in [2.75, 3.05) is 20.7 Å². The Morgan fingerprint density at radius 2 is 2.00 bits per heavy atom. The standard InChI is InChI=1S/C15H22N2O2.ClH/c1-17(14(9-16)12-7-8-12)10-11-3-5-13(6-4-11)15(18)19-2;/h3-6,12,14H,7-10,16H2,1-2H3;1H. The van der Waals surface area contributed by atoms with Gasteiger partial charge in [0.15, 0.2) is 0 Å². The molecule has 2 rings (SSSR count). The third-order valence-corrected chi connectivity index (χ3v) is 3.78. The summed E-state index contributed by atoms with van der Waals surface area (Å²) >= 11 is 0. The first kappa shape index (κ1) is 17.0. The maximum absolute atomic E-state index is 11.3. The van der Waals surface area contributed by atoms with Crippen molar-refractivity contribution < 1.29 is 9.53 Å². The lowest BCUT2D eigenvalue weighted by atomic mass is 10.1. The molecule has 1 aromatic carbocycles. The van der Waals surface area contributed by atoms with Crippen molar-refractivity contribution in [2.24, 2.45) is 11.7 Å². The van der Waals surface area contributed by atoms with Gasteiger partial charge < -0.3 is 10.5 Å². The quantitative estimate of drug-likeness (QED) is 0.817. The lowest BCUT2D eigenvalue weighted by Crippen LogP contribution is -2.39. The average Bonchev–Trinajstić information content (AvgIpc) is 3.24. The molecule has 2 N–H and O–H groups in total. The van der Waals surface area contributed by atoms with Crippen LogP contribution in [0.2, 0.25) is 0 Å². The van der Waals surface area contributed by atoms with Gasteiger partial charge in [0.1, 0.15) is 0 Å². The lowest BCUT2D eigenvalue weighted by Gasteiger charge is -2.27. The van der Waals surface area contributed by atoms with Crippen molar-refractivity contribution in [3.63, 3.8) is 0 Å². The van der Waals surface area contributed by atoms with Crippen molar-refractivity contribution in [1.29, 1.82) is 0 Å². The Bertz CT molecular complexity index is 432. The molecule has 0 radical (unpaired) electrons. The van der Waals surface area contributed by atoms with E-state index in [-0.39, 0.29) is 18.4 Å². The summed E-state index contributed by atoms with van der Waals surface area (Å²) in [7, 11) is 3.51. The first-order valence-corrected chi connectivity index (χ1v) is 6.73. The van der Waals surface area contributed by atoms with E-state index in [2.05, 4.69) is 16.7 Å². The molecule has 1 atom stereocenters. The van der Waals surface area contributed by atoms with Crippen LogP contribution in [0.25, 0.3) is 0 Å². The summed E-state index contributed by atoms with van der Waals surface area (Å²) in [5.74, 6) is 0.474. The monoisotopic (exact) mass is 298 g/mol. The van der Waals surface area contributed by atoms with Gasteiger partial charge in [0, 0.05) is 19.1 Å². The molecule has 0 spiro atoms. The van der Waals surface area contributed by atoms with Crippen molar-refractivity contribution >= 4 is 18.4 Å². The molecule has 1 aliphatic carbocycles. The predicted molar refractivity (Wildman–Crippen MR) is 82.1 cm³/mol. The summed E-state index contributed by atoms with van der Waals surface area (Å²) in [6.45, 7) is 1.57. The number of nitrogens with two attached hydrogens (primary N) is 1. The van der Waals surface area contributed by atoms with Crippen LogP contribution in [0.15, 0.2) is 24.3 Å². The highest BCUT2D eigenvalue weighted by Gasteiger charge is 2.32. The third-order valence-electron chi connectivity index (χ3n) is 3.78. The van der Waals surface area contributed by atoms with E-state index < -0.39 is 0 Å². The van der Waals surface area contributed by atoms with Crippen molar-refractivity contribution in [3.8, 4) is 0 Å². The van der Waals surface area contributed by atoms with Gasteiger partial charge in [-0.25, -0.2) is 4.79 Å². The van der Waals surface area contributed by atoms with Gasteiger partial charge in [-0.1, -0.05) is 12.1 Å². The highest BCUT2D eigenvalue weighted by atomic mass is 35.5. The predicted octanol–water partition coefficient (Wildman–Crippen LogP) is 2.06. The van der Waals surface area contributed by atoms with Crippen LogP contribution in [-0.4, -0.2) is 37.6 Å². The number of nitrogens with zero attached hydrogens (tertiary/aromatic N) is 1. The van der Waals surface area contributed by atoms with E-state index in [9.17, 15) is 4.79 Å². The summed E-state index contributed by atoms with van der Waals surface area (Å²) in [4.78, 5) is 13.7. The number of likely N-dealkylation sites (N-methyl/N-ethyl adjacent to an activating group) is 1. The van der Waals surface area contributed by atoms with Crippen LogP contribution < -0.4 is 5.73 Å². The van der Waals surface area contributed by atoms with Gasteiger partial charge in [0.25, 0.3) is 0 Å². The van der Waals surface area contributed by atoms with Gasteiger partial charge in [0.2, 0.25) is 0 Å². The molecule has 1 unspecified atom stereocenters. The second kappa shape index (κ2) is 7.62. The maximum Gasteiger partial charge on any atom is 0.337 e. The highest BCUT2D eigenvalue weighted by Crippen LogP contribution is 2.34. The molecule has 5 heteroatoms. The van der Waals surface area contributed by atoms with Crippen LogP contribution in [0.1, 0.15) is 28.8 Å². The van der Waals surface area contributed by atoms with Gasteiger partial charge >= 0.3 is 5.97 Å². The average molecular weight is 299 g/mol. The van der Waals surface area contributed by atoms with Gasteiger partial charge in [0.05, 0.1) is 12.7 Å². The van der Waals surface area contributed by atoms with E-state index in [0.29, 0.717) is 18.2 Å². The number of carbonyl (C=O) groups excluding carboxylic acids is 1. The zero-order chi connectivity index (χ0) is 13.8. The first-order chi connectivity index (χ1) is 9.15. The molecule has 0 aromatic heterocycles. The lowest BCUT2D eigenvalue weighted by molar-refractivity contribution is 0.0600. The van der Waals surface area contributed by atoms with Gasteiger partial charge in [-0.15, -0.1) is 12.4 Å². The number of hydrogen-bond acceptors (Lipinski definition) is 4. The molecule has 0 amide bonds. The SMILES string of the molecule is COC(=O)c1ccc(CN(C)C(CN)C2CC2)cc1.Cl. The van der Waals surface area contributed by atoms with Gasteiger partial charge in [-0.05, 0) is 43.5 Å². The fourth-order valence-corrected chi connectivity index (χ4v) is 2.48. The van der Waals surface area contributed by atoms with Crippen LogP contribution >= 0.6 is 12.4 Å². The topological polar surface area (TPSA) is 55.6 Å². The summed E-state index contributed by atoms with van der Waals surface area (Å²) in [6.07, 6.45) is 2.60. The summed E-state index contributed by atoms with van der Waals surface area (Å²) in [6, 6.07) is 8.04. The molecule has 1 aromatic rings. The van der Waals surface area contributed by atoms with Crippen LogP contribution in [0.4, 0.5) is 0 Å². The molecule has 112 valence electrons. The van der Waals surface area contributed by atoms with Crippen LogP contribution in [-0.2, 0) is 11.3 Å². The number of rotatable bonds is 6. The zero-order valence-electron chi connectivity index (χ0n) is 12.0. The Labute approximate surface area is 126 Å². The molecular weight excluding hydrogens is 276 g/mol. The Morgan fingerprint density at radius 1 is 1.40 bits per heavy atom. The van der Waals surface area contributed by atoms with Crippen molar-refractivity contribution in [2.45, 2.75) is 25.4 Å². The fraction of sp³-hybridized carbons (Fsp3) is 0.533. The number of carbonyl (C=O) groups is 1. The first-order valence-electron chi connectivity index (χ1n) is 6.73. The Morgan fingerprint density at radius 3 is 2.45 bits per heavy atom. The van der Waals surface area contributed by atoms with Gasteiger partial charge in [-0.3, -0.25) is 4.90 Å². The minimum Gasteiger partial charge on any atom is -0.465 e. The molecule has 0 aliphatic heterocycles. The van der Waals surface area contributed by atoms with Crippen LogP contribution in [0.3, 0.4) is 0 Å². The Balaban J connectivity index is 0.00000200. The second-order valence-electron chi connectivity index (χ2n) is 5.24. The van der Waals surface area contributed by atoms with Crippen LogP contribution in [0, 0.1) is 5.92 Å². The van der Waals surface area contributed by atoms with Crippen molar-refractivity contribution in [1.82, 2.24) is 4.90 Å². The molecule has 20 heavy (non-hydrogen) atoms. The largest absolute Gasteiger partial charge is 0.465 e. The van der Waals surface area contributed by atoms with E-state index in [0.717, 1.165) is 12.5 Å². The molecular formula is C15H23ClN2O2. The maximum atomic E-state index is 11.3. The van der Waals surface area contributed by atoms with E-state index in [1.807, 2.05) is 24.3 Å². The number of esters is 1. The normalized spacial score (nSPS) is 15.6. The summed E-state index contributed by atoms with van der Waals surface area (Å²) in [5, 5.41) is 0. The van der Waals surface area contributed by atoms with Gasteiger partial charge in [-0.2, -0.15) is 0 Å². The minimum atomic E-state index is -0.294. The van der Waals surface area contributed by atoms with Crippen LogP contribution in [0.5, 0.6) is 0 Å². The second-order valence-corrected chi connectivity index (χ2v) is 5.24. The number of methoxy groups -OCH3 is 1. The van der Waals surface area contributed by atoms with E-state index >= 15 is 0 Å². The molecule has 0 heterocycles. The van der Waals surface area contributed by atoms with E-state index in [1.165, 1.54) is 25.5 Å². The molecule has 1 aliphatic rings. The number of hydrogen-bond donors (Lipinski definition) is 1. The molecule has 0 saturated heterocycles. The number of ether oxygens (including phenoxy) is 1. The van der Waals surface area contributed by atoms with E-state index in [4.69, 9.17) is 5.73 Å². The van der Waals surface area contributed by atoms with Crippen molar-refractivity contribution in [3.05, 3.63) is 35.4 Å². The number of halogens is 1. The number of benzene rings is 1. The summed E-state index contributed by atoms with van der Waals surface area (Å²) < 4.78 is 4.69. The Kier molecular flexibility index (Phi) is 6.46. The smallest absolute Gasteiger partial charge is 0.337 e.